The number of carboxylic acids is 1. The monoisotopic (exact) mass is 231 g/mol. The van der Waals surface area contributed by atoms with Gasteiger partial charge in [0.05, 0.1) is 6.42 Å². The Balaban J connectivity index is 2.26. The highest BCUT2D eigenvalue weighted by molar-refractivity contribution is 5.84. The number of hydrogen-bond donors (Lipinski definition) is 1. The van der Waals surface area contributed by atoms with Crippen molar-refractivity contribution < 1.29 is 14.6 Å². The number of ether oxygens (including phenoxy) is 1. The predicted molar refractivity (Wildman–Crippen MR) is 64.1 cm³/mol. The maximum Gasteiger partial charge on any atom is 0.307 e. The molecule has 0 aliphatic rings. The molecule has 0 bridgehead atoms. The number of para-hydroxylation sites is 1. The van der Waals surface area contributed by atoms with Crippen molar-refractivity contribution in [2.24, 2.45) is 0 Å². The summed E-state index contributed by atoms with van der Waals surface area (Å²) in [4.78, 5) is 14.8. The highest BCUT2D eigenvalue weighted by atomic mass is 16.5. The minimum absolute atomic E-state index is 0.0246. The van der Waals surface area contributed by atoms with Gasteiger partial charge in [0, 0.05) is 11.6 Å². The first-order chi connectivity index (χ1) is 8.16. The molecule has 0 fully saturated rings. The van der Waals surface area contributed by atoms with Crippen LogP contribution in [0.25, 0.3) is 10.9 Å². The van der Waals surface area contributed by atoms with E-state index in [9.17, 15) is 4.79 Å². The van der Waals surface area contributed by atoms with Crippen molar-refractivity contribution in [3.8, 4) is 5.75 Å². The summed E-state index contributed by atoms with van der Waals surface area (Å²) < 4.78 is 5.60. The van der Waals surface area contributed by atoms with E-state index in [2.05, 4.69) is 4.98 Å². The lowest BCUT2D eigenvalue weighted by Crippen LogP contribution is -2.16. The van der Waals surface area contributed by atoms with Crippen LogP contribution in [-0.4, -0.2) is 22.2 Å². The standard InChI is InChI=1S/C13H13NO3/c1-9(8-12(15)16)17-11-6-2-4-10-5-3-7-14-13(10)11/h2-7,9H,8H2,1H3,(H,15,16). The quantitative estimate of drug-likeness (QED) is 0.878. The fourth-order valence-electron chi connectivity index (χ4n) is 1.68. The summed E-state index contributed by atoms with van der Waals surface area (Å²) >= 11 is 0. The van der Waals surface area contributed by atoms with Crippen LogP contribution in [0, 0.1) is 0 Å². The van der Waals surface area contributed by atoms with Crippen LogP contribution in [0.2, 0.25) is 0 Å². The third-order valence-corrected chi connectivity index (χ3v) is 2.39. The van der Waals surface area contributed by atoms with Gasteiger partial charge >= 0.3 is 5.97 Å². The van der Waals surface area contributed by atoms with Crippen LogP contribution >= 0.6 is 0 Å². The summed E-state index contributed by atoms with van der Waals surface area (Å²) in [6.07, 6.45) is 1.29. The van der Waals surface area contributed by atoms with E-state index in [1.54, 1.807) is 19.2 Å². The van der Waals surface area contributed by atoms with E-state index >= 15 is 0 Å². The maximum absolute atomic E-state index is 10.6. The molecule has 1 heterocycles. The molecule has 0 saturated heterocycles. The molecule has 1 unspecified atom stereocenters. The van der Waals surface area contributed by atoms with E-state index < -0.39 is 5.97 Å². The summed E-state index contributed by atoms with van der Waals surface area (Å²) in [6.45, 7) is 1.73. The molecular weight excluding hydrogens is 218 g/mol. The minimum atomic E-state index is -0.870. The van der Waals surface area contributed by atoms with E-state index in [4.69, 9.17) is 9.84 Å². The molecule has 0 radical (unpaired) electrons. The zero-order chi connectivity index (χ0) is 12.3. The van der Waals surface area contributed by atoms with Crippen molar-refractivity contribution in [2.45, 2.75) is 19.4 Å². The average Bonchev–Trinajstić information content (AvgIpc) is 2.28. The molecule has 1 aromatic carbocycles. The topological polar surface area (TPSA) is 59.4 Å². The smallest absolute Gasteiger partial charge is 0.307 e. The fourth-order valence-corrected chi connectivity index (χ4v) is 1.68. The molecule has 17 heavy (non-hydrogen) atoms. The normalized spacial score (nSPS) is 12.3. The Kier molecular flexibility index (Phi) is 3.23. The van der Waals surface area contributed by atoms with Gasteiger partial charge in [0.1, 0.15) is 17.4 Å². The summed E-state index contributed by atoms with van der Waals surface area (Å²) in [6, 6.07) is 9.40. The zero-order valence-electron chi connectivity index (χ0n) is 9.46. The number of nitrogens with zero attached hydrogens (tertiary/aromatic N) is 1. The predicted octanol–water partition coefficient (Wildman–Crippen LogP) is 2.48. The highest BCUT2D eigenvalue weighted by Gasteiger charge is 2.11. The van der Waals surface area contributed by atoms with Gasteiger partial charge in [-0.15, -0.1) is 0 Å². The molecule has 1 atom stereocenters. The van der Waals surface area contributed by atoms with Gasteiger partial charge in [0.15, 0.2) is 0 Å². The average molecular weight is 231 g/mol. The van der Waals surface area contributed by atoms with Crippen LogP contribution < -0.4 is 4.74 Å². The third-order valence-electron chi connectivity index (χ3n) is 2.39. The van der Waals surface area contributed by atoms with Crippen LogP contribution in [0.4, 0.5) is 0 Å². The first-order valence-corrected chi connectivity index (χ1v) is 5.39. The molecule has 88 valence electrons. The van der Waals surface area contributed by atoms with Crippen molar-refractivity contribution in [3.05, 3.63) is 36.5 Å². The van der Waals surface area contributed by atoms with Gasteiger partial charge in [0.2, 0.25) is 0 Å². The van der Waals surface area contributed by atoms with Gasteiger partial charge < -0.3 is 9.84 Å². The highest BCUT2D eigenvalue weighted by Crippen LogP contribution is 2.24. The van der Waals surface area contributed by atoms with Gasteiger partial charge in [-0.1, -0.05) is 18.2 Å². The Morgan fingerprint density at radius 1 is 1.41 bits per heavy atom. The fraction of sp³-hybridized carbons (Fsp3) is 0.231. The van der Waals surface area contributed by atoms with Gasteiger partial charge in [0.25, 0.3) is 0 Å². The first-order valence-electron chi connectivity index (χ1n) is 5.39. The summed E-state index contributed by atoms with van der Waals surface area (Å²) in [7, 11) is 0. The Morgan fingerprint density at radius 3 is 2.94 bits per heavy atom. The minimum Gasteiger partial charge on any atom is -0.488 e. The van der Waals surface area contributed by atoms with Gasteiger partial charge in [-0.3, -0.25) is 9.78 Å². The molecule has 2 rings (SSSR count). The number of carbonyl (C=O) groups is 1. The van der Waals surface area contributed by atoms with Crippen molar-refractivity contribution in [3.63, 3.8) is 0 Å². The Morgan fingerprint density at radius 2 is 2.18 bits per heavy atom. The van der Waals surface area contributed by atoms with Crippen LogP contribution in [0.1, 0.15) is 13.3 Å². The third kappa shape index (κ3) is 2.72. The molecule has 0 aliphatic heterocycles. The van der Waals surface area contributed by atoms with E-state index in [1.165, 1.54) is 0 Å². The summed E-state index contributed by atoms with van der Waals surface area (Å²) in [5, 5.41) is 9.66. The number of fused-ring (bicyclic) bond motifs is 1. The van der Waals surface area contributed by atoms with Crippen LogP contribution in [0.3, 0.4) is 0 Å². The second kappa shape index (κ2) is 4.82. The molecule has 2 aromatic rings. The number of hydrogen-bond acceptors (Lipinski definition) is 3. The molecule has 0 saturated carbocycles. The van der Waals surface area contributed by atoms with Gasteiger partial charge in [-0.2, -0.15) is 0 Å². The van der Waals surface area contributed by atoms with E-state index in [1.807, 2.05) is 24.3 Å². The Hall–Kier alpha value is -2.10. The largest absolute Gasteiger partial charge is 0.488 e. The maximum atomic E-state index is 10.6. The second-order valence-electron chi connectivity index (χ2n) is 3.86. The number of aliphatic carboxylic acids is 1. The van der Waals surface area contributed by atoms with Crippen LogP contribution in [0.15, 0.2) is 36.5 Å². The van der Waals surface area contributed by atoms with Crippen LogP contribution in [-0.2, 0) is 4.79 Å². The van der Waals surface area contributed by atoms with Gasteiger partial charge in [-0.25, -0.2) is 0 Å². The van der Waals surface area contributed by atoms with Crippen molar-refractivity contribution in [1.29, 1.82) is 0 Å². The zero-order valence-corrected chi connectivity index (χ0v) is 9.46. The van der Waals surface area contributed by atoms with Crippen molar-refractivity contribution in [2.75, 3.05) is 0 Å². The molecular formula is C13H13NO3. The van der Waals surface area contributed by atoms with E-state index in [-0.39, 0.29) is 12.5 Å². The molecule has 4 heteroatoms. The number of carboxylic acid groups (broad SMARTS) is 1. The lowest BCUT2D eigenvalue weighted by atomic mass is 10.2. The van der Waals surface area contributed by atoms with Crippen molar-refractivity contribution in [1.82, 2.24) is 4.98 Å². The lowest BCUT2D eigenvalue weighted by molar-refractivity contribution is -0.138. The Labute approximate surface area is 98.9 Å². The molecule has 1 aromatic heterocycles. The molecule has 0 aliphatic carbocycles. The number of aromatic nitrogens is 1. The van der Waals surface area contributed by atoms with Gasteiger partial charge in [-0.05, 0) is 19.1 Å². The number of rotatable bonds is 4. The van der Waals surface area contributed by atoms with Crippen LogP contribution in [0.5, 0.6) is 5.75 Å². The second-order valence-corrected chi connectivity index (χ2v) is 3.86. The van der Waals surface area contributed by atoms with E-state index in [0.29, 0.717) is 5.75 Å². The van der Waals surface area contributed by atoms with E-state index in [0.717, 1.165) is 10.9 Å². The molecule has 0 spiro atoms. The summed E-state index contributed by atoms with van der Waals surface area (Å²) in [5.74, 6) is -0.248. The SMILES string of the molecule is CC(CC(=O)O)Oc1cccc2cccnc12. The molecule has 1 N–H and O–H groups in total. The lowest BCUT2D eigenvalue weighted by Gasteiger charge is -2.13. The molecule has 4 nitrogen and oxygen atoms in total. The Bertz CT molecular complexity index is 534. The number of benzene rings is 1. The van der Waals surface area contributed by atoms with Crippen molar-refractivity contribution >= 4 is 16.9 Å². The number of pyridine rings is 1. The molecule has 0 amide bonds. The summed E-state index contributed by atoms with van der Waals surface area (Å²) in [5.41, 5.74) is 0.757. The first kappa shape index (κ1) is 11.4.